The van der Waals surface area contributed by atoms with E-state index in [9.17, 15) is 14.7 Å². The van der Waals surface area contributed by atoms with Crippen molar-refractivity contribution in [3.05, 3.63) is 57.8 Å². The number of hydrogen-bond acceptors (Lipinski definition) is 7. The number of ketones is 1. The minimum absolute atomic E-state index is 0.149. The Balaban J connectivity index is 1.58. The molecule has 4 rings (SSSR count). The second kappa shape index (κ2) is 11.0. The van der Waals surface area contributed by atoms with E-state index in [-0.39, 0.29) is 11.3 Å². The van der Waals surface area contributed by atoms with E-state index >= 15 is 0 Å². The van der Waals surface area contributed by atoms with Crippen molar-refractivity contribution < 1.29 is 24.2 Å². The van der Waals surface area contributed by atoms with Crippen LogP contribution in [0.1, 0.15) is 36.2 Å². The molecule has 0 unspecified atom stereocenters. The molecule has 7 nitrogen and oxygen atoms in total. The van der Waals surface area contributed by atoms with Crippen LogP contribution in [-0.4, -0.2) is 72.6 Å². The Kier molecular flexibility index (Phi) is 7.80. The van der Waals surface area contributed by atoms with Crippen molar-refractivity contribution in [3.8, 4) is 5.75 Å². The van der Waals surface area contributed by atoms with Gasteiger partial charge in [0.15, 0.2) is 0 Å². The van der Waals surface area contributed by atoms with E-state index in [0.717, 1.165) is 50.6 Å². The van der Waals surface area contributed by atoms with Gasteiger partial charge in [-0.25, -0.2) is 0 Å². The molecule has 1 atom stereocenters. The van der Waals surface area contributed by atoms with Crippen LogP contribution in [0.15, 0.2) is 47.4 Å². The van der Waals surface area contributed by atoms with Crippen LogP contribution in [0.5, 0.6) is 5.75 Å². The van der Waals surface area contributed by atoms with Crippen LogP contribution in [-0.2, 0) is 14.3 Å². The maximum Gasteiger partial charge on any atom is 0.295 e. The zero-order valence-electron chi connectivity index (χ0n) is 18.9. The summed E-state index contributed by atoms with van der Waals surface area (Å²) in [5.74, 6) is -0.639. The summed E-state index contributed by atoms with van der Waals surface area (Å²) in [6, 6.07) is 10.2. The summed E-state index contributed by atoms with van der Waals surface area (Å²) in [6.45, 7) is 7.14. The largest absolute Gasteiger partial charge is 0.507 e. The first-order valence-electron chi connectivity index (χ1n) is 11.4. The maximum absolute atomic E-state index is 13.1. The average Bonchev–Trinajstić information content (AvgIpc) is 3.46. The van der Waals surface area contributed by atoms with E-state index in [1.807, 2.05) is 24.4 Å². The molecule has 1 N–H and O–H groups in total. The number of thiophene rings is 1. The smallest absolute Gasteiger partial charge is 0.295 e. The molecule has 0 bridgehead atoms. The predicted molar refractivity (Wildman–Crippen MR) is 127 cm³/mol. The normalized spacial score (nSPS) is 21.0. The fourth-order valence-electron chi connectivity index (χ4n) is 4.23. The molecule has 33 heavy (non-hydrogen) atoms. The van der Waals surface area contributed by atoms with Crippen LogP contribution in [0.4, 0.5) is 0 Å². The number of amides is 1. The van der Waals surface area contributed by atoms with Crippen LogP contribution in [0.25, 0.3) is 5.76 Å². The van der Waals surface area contributed by atoms with Gasteiger partial charge in [-0.3, -0.25) is 14.5 Å². The highest BCUT2D eigenvalue weighted by atomic mass is 32.1. The standard InChI is InChI=1S/C25H30N2O5S/c1-2-14-32-19-8-6-18(7-9-19)23(28)21-22(20-5-3-17-33-20)27(25(30)24(21)29)11-4-10-26-12-15-31-16-13-26/h3,5-9,17,22,28H,2,4,10-16H2,1H3/b23-21+/t22-/m0/s1. The fourth-order valence-corrected chi connectivity index (χ4v) is 5.07. The molecule has 8 heteroatoms. The molecule has 0 saturated carbocycles. The van der Waals surface area contributed by atoms with Gasteiger partial charge in [-0.05, 0) is 48.6 Å². The molecular weight excluding hydrogens is 440 g/mol. The number of nitrogens with zero attached hydrogens (tertiary/aromatic N) is 2. The quantitative estimate of drug-likeness (QED) is 0.342. The molecule has 176 valence electrons. The van der Waals surface area contributed by atoms with Crippen LogP contribution < -0.4 is 4.74 Å². The summed E-state index contributed by atoms with van der Waals surface area (Å²) < 4.78 is 11.0. The minimum atomic E-state index is -0.636. The number of morpholine rings is 1. The third-order valence-electron chi connectivity index (χ3n) is 5.93. The van der Waals surface area contributed by atoms with Crippen molar-refractivity contribution in [2.24, 2.45) is 0 Å². The van der Waals surface area contributed by atoms with Gasteiger partial charge < -0.3 is 19.5 Å². The Morgan fingerprint density at radius 1 is 1.15 bits per heavy atom. The summed E-state index contributed by atoms with van der Waals surface area (Å²) in [4.78, 5) is 30.8. The summed E-state index contributed by atoms with van der Waals surface area (Å²) in [6.07, 6.45) is 1.65. The molecule has 2 aromatic rings. The monoisotopic (exact) mass is 470 g/mol. The molecule has 1 aromatic heterocycles. The van der Waals surface area contributed by atoms with E-state index in [1.165, 1.54) is 11.3 Å². The van der Waals surface area contributed by atoms with Crippen molar-refractivity contribution in [1.29, 1.82) is 0 Å². The highest BCUT2D eigenvalue weighted by molar-refractivity contribution is 7.10. The van der Waals surface area contributed by atoms with Crippen LogP contribution in [0, 0.1) is 0 Å². The number of rotatable bonds is 9. The second-order valence-electron chi connectivity index (χ2n) is 8.19. The Hall–Kier alpha value is -2.68. The lowest BCUT2D eigenvalue weighted by atomic mass is 10.00. The van der Waals surface area contributed by atoms with Gasteiger partial charge in [-0.15, -0.1) is 11.3 Å². The van der Waals surface area contributed by atoms with Crippen molar-refractivity contribution in [3.63, 3.8) is 0 Å². The SMILES string of the molecule is CCCOc1ccc(/C(O)=C2\C(=O)C(=O)N(CCCN3CCOCC3)[C@H]2c2cccs2)cc1. The van der Waals surface area contributed by atoms with Crippen molar-refractivity contribution in [2.45, 2.75) is 25.8 Å². The maximum atomic E-state index is 13.1. The van der Waals surface area contributed by atoms with Crippen molar-refractivity contribution in [2.75, 3.05) is 46.0 Å². The lowest BCUT2D eigenvalue weighted by Crippen LogP contribution is -2.38. The first-order chi connectivity index (χ1) is 16.1. The third kappa shape index (κ3) is 5.29. The molecule has 1 aromatic carbocycles. The Morgan fingerprint density at radius 3 is 2.58 bits per heavy atom. The Bertz CT molecular complexity index is 981. The van der Waals surface area contributed by atoms with Gasteiger partial charge in [0, 0.05) is 36.6 Å². The highest BCUT2D eigenvalue weighted by Gasteiger charge is 2.46. The van der Waals surface area contributed by atoms with Crippen LogP contribution in [0.3, 0.4) is 0 Å². The molecule has 2 aliphatic rings. The number of Topliss-reactive ketones (excluding diaryl/α,β-unsaturated/α-hetero) is 1. The highest BCUT2D eigenvalue weighted by Crippen LogP contribution is 2.41. The van der Waals surface area contributed by atoms with E-state index in [2.05, 4.69) is 4.90 Å². The zero-order valence-corrected chi connectivity index (χ0v) is 19.7. The predicted octanol–water partition coefficient (Wildman–Crippen LogP) is 3.68. The summed E-state index contributed by atoms with van der Waals surface area (Å²) >= 11 is 1.48. The first-order valence-corrected chi connectivity index (χ1v) is 12.3. The van der Waals surface area contributed by atoms with Gasteiger partial charge in [-0.1, -0.05) is 13.0 Å². The number of aliphatic hydroxyl groups excluding tert-OH is 1. The summed E-state index contributed by atoms with van der Waals surface area (Å²) in [7, 11) is 0. The lowest BCUT2D eigenvalue weighted by molar-refractivity contribution is -0.140. The molecule has 2 aliphatic heterocycles. The van der Waals surface area contributed by atoms with Crippen LogP contribution >= 0.6 is 11.3 Å². The molecule has 2 fully saturated rings. The number of carbonyl (C=O) groups excluding carboxylic acids is 2. The molecule has 3 heterocycles. The van der Waals surface area contributed by atoms with E-state index < -0.39 is 17.7 Å². The number of benzene rings is 1. The van der Waals surface area contributed by atoms with Gasteiger partial charge >= 0.3 is 0 Å². The number of hydrogen-bond donors (Lipinski definition) is 1. The van der Waals surface area contributed by atoms with Gasteiger partial charge in [0.25, 0.3) is 11.7 Å². The molecule has 2 saturated heterocycles. The number of aliphatic hydroxyl groups is 1. The van der Waals surface area contributed by atoms with Crippen molar-refractivity contribution in [1.82, 2.24) is 9.80 Å². The van der Waals surface area contributed by atoms with Gasteiger partial charge in [0.05, 0.1) is 31.4 Å². The Morgan fingerprint density at radius 2 is 1.91 bits per heavy atom. The third-order valence-corrected chi connectivity index (χ3v) is 6.86. The average molecular weight is 471 g/mol. The second-order valence-corrected chi connectivity index (χ2v) is 9.17. The fraction of sp³-hybridized carbons (Fsp3) is 0.440. The molecular formula is C25H30N2O5S. The Labute approximate surface area is 198 Å². The molecule has 1 amide bonds. The van der Waals surface area contributed by atoms with Gasteiger partial charge in [-0.2, -0.15) is 0 Å². The van der Waals surface area contributed by atoms with E-state index in [1.54, 1.807) is 29.2 Å². The van der Waals surface area contributed by atoms with Gasteiger partial charge in [0.2, 0.25) is 0 Å². The molecule has 0 aliphatic carbocycles. The van der Waals surface area contributed by atoms with Crippen LogP contribution in [0.2, 0.25) is 0 Å². The van der Waals surface area contributed by atoms with E-state index in [0.29, 0.717) is 24.5 Å². The molecule has 0 spiro atoms. The molecule has 0 radical (unpaired) electrons. The number of carbonyl (C=O) groups is 2. The summed E-state index contributed by atoms with van der Waals surface area (Å²) in [5.41, 5.74) is 0.641. The van der Waals surface area contributed by atoms with Crippen molar-refractivity contribution >= 4 is 28.8 Å². The number of likely N-dealkylation sites (tertiary alicyclic amines) is 1. The summed E-state index contributed by atoms with van der Waals surface area (Å²) in [5, 5.41) is 13.0. The lowest BCUT2D eigenvalue weighted by Gasteiger charge is -2.28. The van der Waals surface area contributed by atoms with E-state index in [4.69, 9.17) is 9.47 Å². The van der Waals surface area contributed by atoms with Gasteiger partial charge in [0.1, 0.15) is 11.5 Å². The number of ether oxygens (including phenoxy) is 2. The first kappa shape index (κ1) is 23.5. The topological polar surface area (TPSA) is 79.3 Å². The minimum Gasteiger partial charge on any atom is -0.507 e. The zero-order chi connectivity index (χ0) is 23.2.